The van der Waals surface area contributed by atoms with Crippen LogP contribution in [0.2, 0.25) is 0 Å². The van der Waals surface area contributed by atoms with Crippen LogP contribution in [-0.4, -0.2) is 80.6 Å². The number of carboxylic acid groups (broad SMARTS) is 1. The van der Waals surface area contributed by atoms with Crippen molar-refractivity contribution in [3.8, 4) is 0 Å². The molecule has 1 N–H and O–H groups in total. The van der Waals surface area contributed by atoms with Crippen LogP contribution in [0.4, 0.5) is 0 Å². The van der Waals surface area contributed by atoms with Gasteiger partial charge in [0, 0.05) is 19.3 Å². The summed E-state index contributed by atoms with van der Waals surface area (Å²) in [5, 5.41) is 9.61. The van der Waals surface area contributed by atoms with Gasteiger partial charge in [0.2, 0.25) is 0 Å². The van der Waals surface area contributed by atoms with E-state index in [4.69, 9.17) is 14.2 Å². The Morgan fingerprint density at radius 3 is 1.53 bits per heavy atom. The third-order valence-electron chi connectivity index (χ3n) is 8.98. The van der Waals surface area contributed by atoms with Crippen LogP contribution in [0.15, 0.2) is 97.2 Å². The normalized spacial score (nSPS) is 13.9. The molecule has 0 saturated carbocycles. The fourth-order valence-electron chi connectivity index (χ4n) is 5.60. The highest BCUT2D eigenvalue weighted by molar-refractivity contribution is 5.72. The maximum atomic E-state index is 12.7. The van der Waals surface area contributed by atoms with Gasteiger partial charge < -0.3 is 23.8 Å². The highest BCUT2D eigenvalue weighted by atomic mass is 16.6. The molecule has 0 bridgehead atoms. The number of hydrogen-bond donors (Lipinski definition) is 1. The lowest BCUT2D eigenvalue weighted by molar-refractivity contribution is -0.887. The SMILES string of the molecule is CC/C=C\C/C=C\C/C=C\C/C=C\C/C=C\C/C=C\CCC(=O)OC(COCCC(C(=O)O)[N+](C)(C)C)COC(=O)CCCCCCC/C=C\C/C=C\CCCC. The molecule has 0 rings (SSSR count). The number of carboxylic acids is 1. The molecule has 0 amide bonds. The Hall–Kier alpha value is -3.75. The Labute approximate surface area is 347 Å². The Kier molecular flexibility index (Phi) is 36.5. The van der Waals surface area contributed by atoms with Gasteiger partial charge in [-0.3, -0.25) is 9.59 Å². The average molecular weight is 795 g/mol. The molecule has 0 aliphatic rings. The second kappa shape index (κ2) is 39.1. The third kappa shape index (κ3) is 37.6. The van der Waals surface area contributed by atoms with Crippen molar-refractivity contribution in [2.24, 2.45) is 0 Å². The van der Waals surface area contributed by atoms with Crippen molar-refractivity contribution in [3.63, 3.8) is 0 Å². The standard InChI is InChI=1S/C49H79NO7/c1-6-8-10-12-14-16-18-20-22-23-24-25-26-28-30-32-34-36-38-40-48(52)57-45(43-55-42-41-46(49(53)54)50(3,4)5)44-56-47(51)39-37-35-33-31-29-27-21-19-17-15-13-11-9-7-2/h8,10,13-16,19-22,24-25,28,30,34,36,45-46H,6-7,9,11-12,17-18,23,26-27,29,31-33,35,37-44H2,1-5H3/p+1/b10-8-,15-13-,16-14-,21-19-,22-20-,25-24-,30-28-,36-34-. The molecule has 0 saturated heterocycles. The van der Waals surface area contributed by atoms with E-state index in [-0.39, 0.29) is 36.7 Å². The summed E-state index contributed by atoms with van der Waals surface area (Å²) >= 11 is 0. The minimum atomic E-state index is -0.893. The number of carbonyl (C=O) groups is 3. The first kappa shape index (κ1) is 53.2. The fraction of sp³-hybridized carbons (Fsp3) is 0.612. The molecule has 0 aromatic heterocycles. The molecule has 0 aromatic carbocycles. The van der Waals surface area contributed by atoms with Crippen molar-refractivity contribution >= 4 is 17.9 Å². The highest BCUT2D eigenvalue weighted by Crippen LogP contribution is 2.11. The number of likely N-dealkylation sites (N-methyl/N-ethyl adjacent to an activating group) is 1. The summed E-state index contributed by atoms with van der Waals surface area (Å²) < 4.78 is 17.2. The van der Waals surface area contributed by atoms with E-state index in [0.717, 1.165) is 83.5 Å². The third-order valence-corrected chi connectivity index (χ3v) is 8.98. The summed E-state index contributed by atoms with van der Waals surface area (Å²) in [6, 6.07) is -0.635. The van der Waals surface area contributed by atoms with Crippen molar-refractivity contribution in [2.45, 2.75) is 154 Å². The molecule has 0 spiro atoms. The van der Waals surface area contributed by atoms with Crippen molar-refractivity contribution < 1.29 is 38.2 Å². The number of carbonyl (C=O) groups excluding carboxylic acids is 2. The molecule has 0 aliphatic carbocycles. The predicted octanol–water partition coefficient (Wildman–Crippen LogP) is 11.9. The molecule has 57 heavy (non-hydrogen) atoms. The second-order valence-corrected chi connectivity index (χ2v) is 15.2. The molecular weight excluding hydrogens is 715 g/mol. The number of hydrogen-bond acceptors (Lipinski definition) is 6. The zero-order valence-corrected chi connectivity index (χ0v) is 36.5. The van der Waals surface area contributed by atoms with E-state index in [0.29, 0.717) is 19.3 Å². The quantitative estimate of drug-likeness (QED) is 0.0289. The molecular formula is C49H80NO7+. The average Bonchev–Trinajstić information content (AvgIpc) is 3.17. The van der Waals surface area contributed by atoms with Gasteiger partial charge in [0.1, 0.15) is 6.61 Å². The number of unbranched alkanes of at least 4 members (excludes halogenated alkanes) is 7. The highest BCUT2D eigenvalue weighted by Gasteiger charge is 2.31. The Bertz CT molecular complexity index is 1250. The number of allylic oxidation sites excluding steroid dienone is 16. The van der Waals surface area contributed by atoms with Gasteiger partial charge in [-0.05, 0) is 77.0 Å². The van der Waals surface area contributed by atoms with Gasteiger partial charge in [-0.25, -0.2) is 4.79 Å². The summed E-state index contributed by atoms with van der Waals surface area (Å²) in [5.74, 6) is -1.61. The van der Waals surface area contributed by atoms with Gasteiger partial charge in [0.15, 0.2) is 12.1 Å². The van der Waals surface area contributed by atoms with Gasteiger partial charge >= 0.3 is 17.9 Å². The minimum absolute atomic E-state index is 0.0198. The molecule has 2 unspecified atom stereocenters. The summed E-state index contributed by atoms with van der Waals surface area (Å²) in [7, 11) is 5.48. The Balaban J connectivity index is 4.53. The van der Waals surface area contributed by atoms with E-state index >= 15 is 0 Å². The first-order valence-corrected chi connectivity index (χ1v) is 21.8. The lowest BCUT2D eigenvalue weighted by Gasteiger charge is -2.31. The largest absolute Gasteiger partial charge is 0.477 e. The van der Waals surface area contributed by atoms with E-state index in [9.17, 15) is 19.5 Å². The van der Waals surface area contributed by atoms with Crippen LogP contribution in [0.3, 0.4) is 0 Å². The molecule has 0 fully saturated rings. The molecule has 0 heterocycles. The second-order valence-electron chi connectivity index (χ2n) is 15.2. The summed E-state index contributed by atoms with van der Waals surface area (Å²) in [4.78, 5) is 36.9. The number of ether oxygens (including phenoxy) is 3. The predicted molar refractivity (Wildman–Crippen MR) is 238 cm³/mol. The van der Waals surface area contributed by atoms with Crippen LogP contribution in [0.25, 0.3) is 0 Å². The first-order valence-electron chi connectivity index (χ1n) is 21.8. The lowest BCUT2D eigenvalue weighted by Crippen LogP contribution is -2.50. The van der Waals surface area contributed by atoms with Gasteiger partial charge in [-0.1, -0.05) is 143 Å². The van der Waals surface area contributed by atoms with Gasteiger partial charge in [0.05, 0.1) is 34.4 Å². The summed E-state index contributed by atoms with van der Waals surface area (Å²) in [6.07, 6.45) is 51.8. The molecule has 0 radical (unpaired) electrons. The minimum Gasteiger partial charge on any atom is -0.477 e. The Morgan fingerprint density at radius 2 is 1.02 bits per heavy atom. The van der Waals surface area contributed by atoms with Crippen LogP contribution >= 0.6 is 0 Å². The Morgan fingerprint density at radius 1 is 0.544 bits per heavy atom. The molecule has 0 aromatic rings. The van der Waals surface area contributed by atoms with E-state index in [1.807, 2.05) is 33.3 Å². The van der Waals surface area contributed by atoms with Crippen LogP contribution in [0, 0.1) is 0 Å². The van der Waals surface area contributed by atoms with Crippen molar-refractivity contribution in [1.82, 2.24) is 0 Å². The fourth-order valence-corrected chi connectivity index (χ4v) is 5.60. The first-order chi connectivity index (χ1) is 27.6. The van der Waals surface area contributed by atoms with Crippen LogP contribution in [-0.2, 0) is 28.6 Å². The number of rotatable bonds is 37. The molecule has 322 valence electrons. The zero-order valence-electron chi connectivity index (χ0n) is 36.5. The summed E-state index contributed by atoms with van der Waals surface area (Å²) in [5.41, 5.74) is 0. The monoisotopic (exact) mass is 795 g/mol. The van der Waals surface area contributed by atoms with Crippen LogP contribution < -0.4 is 0 Å². The maximum absolute atomic E-state index is 12.7. The number of esters is 2. The number of quaternary nitrogens is 1. The van der Waals surface area contributed by atoms with Crippen molar-refractivity contribution in [1.29, 1.82) is 0 Å². The van der Waals surface area contributed by atoms with E-state index in [1.165, 1.54) is 19.3 Å². The number of aliphatic carboxylic acids is 1. The molecule has 2 atom stereocenters. The van der Waals surface area contributed by atoms with E-state index in [1.54, 1.807) is 0 Å². The topological polar surface area (TPSA) is 99.1 Å². The summed E-state index contributed by atoms with van der Waals surface area (Å²) in [6.45, 7) is 4.46. The van der Waals surface area contributed by atoms with E-state index < -0.39 is 24.1 Å². The molecule has 8 heteroatoms. The van der Waals surface area contributed by atoms with Crippen LogP contribution in [0.5, 0.6) is 0 Å². The van der Waals surface area contributed by atoms with Crippen molar-refractivity contribution in [2.75, 3.05) is 41.0 Å². The van der Waals surface area contributed by atoms with E-state index in [2.05, 4.69) is 98.9 Å². The lowest BCUT2D eigenvalue weighted by atomic mass is 10.1. The van der Waals surface area contributed by atoms with Crippen LogP contribution in [0.1, 0.15) is 142 Å². The van der Waals surface area contributed by atoms with Crippen molar-refractivity contribution in [3.05, 3.63) is 97.2 Å². The molecule has 8 nitrogen and oxygen atoms in total. The van der Waals surface area contributed by atoms with Gasteiger partial charge in [-0.15, -0.1) is 0 Å². The number of nitrogens with zero attached hydrogens (tertiary/aromatic N) is 1. The molecule has 0 aliphatic heterocycles. The maximum Gasteiger partial charge on any atom is 0.362 e. The zero-order chi connectivity index (χ0) is 42.1. The van der Waals surface area contributed by atoms with Gasteiger partial charge in [0.25, 0.3) is 0 Å². The van der Waals surface area contributed by atoms with Gasteiger partial charge in [-0.2, -0.15) is 0 Å². The smallest absolute Gasteiger partial charge is 0.362 e.